The molecule has 1 N–H and O–H groups in total. The summed E-state index contributed by atoms with van der Waals surface area (Å²) in [5.41, 5.74) is 1.36. The Morgan fingerprint density at radius 1 is 1.20 bits per heavy atom. The quantitative estimate of drug-likeness (QED) is 0.706. The first-order valence-electron chi connectivity index (χ1n) is 8.35. The van der Waals surface area contributed by atoms with Crippen LogP contribution in [0, 0.1) is 18.7 Å². The lowest BCUT2D eigenvalue weighted by Crippen LogP contribution is -2.29. The number of benzene rings is 1. The summed E-state index contributed by atoms with van der Waals surface area (Å²) in [4.78, 5) is 28.8. The zero-order valence-electron chi connectivity index (χ0n) is 14.7. The molecule has 1 heterocycles. The van der Waals surface area contributed by atoms with Crippen molar-refractivity contribution in [3.05, 3.63) is 51.7 Å². The Balaban J connectivity index is 1.92. The minimum Gasteiger partial charge on any atom is -0.347 e. The molecule has 0 aliphatic rings. The summed E-state index contributed by atoms with van der Waals surface area (Å²) in [5.74, 6) is -0.311. The topological polar surface area (TPSA) is 59.1 Å². The number of thiazole rings is 1. The van der Waals surface area contributed by atoms with Gasteiger partial charge in [0.2, 0.25) is 5.91 Å². The van der Waals surface area contributed by atoms with Gasteiger partial charge in [0, 0.05) is 29.5 Å². The van der Waals surface area contributed by atoms with Gasteiger partial charge in [-0.25, -0.2) is 9.37 Å². The molecule has 134 valence electrons. The third-order valence-corrected chi connectivity index (χ3v) is 4.80. The number of ketones is 1. The molecule has 0 fully saturated rings. The van der Waals surface area contributed by atoms with E-state index in [2.05, 4.69) is 24.1 Å². The lowest BCUT2D eigenvalue weighted by Gasteiger charge is -2.18. The summed E-state index contributed by atoms with van der Waals surface area (Å²) in [6.07, 6.45) is 1.00. The van der Waals surface area contributed by atoms with E-state index in [9.17, 15) is 14.0 Å². The fraction of sp³-hybridized carbons (Fsp3) is 0.421. The van der Waals surface area contributed by atoms with Gasteiger partial charge in [-0.2, -0.15) is 0 Å². The number of carbonyl (C=O) groups is 2. The maximum atomic E-state index is 12.9. The van der Waals surface area contributed by atoms with Crippen LogP contribution in [-0.4, -0.2) is 16.7 Å². The Hall–Kier alpha value is -2.08. The molecule has 2 rings (SSSR count). The van der Waals surface area contributed by atoms with Crippen LogP contribution in [0.25, 0.3) is 0 Å². The Kier molecular flexibility index (Phi) is 6.82. The first-order chi connectivity index (χ1) is 11.8. The van der Waals surface area contributed by atoms with E-state index in [0.29, 0.717) is 11.5 Å². The molecule has 1 aromatic carbocycles. The van der Waals surface area contributed by atoms with Gasteiger partial charge in [-0.15, -0.1) is 11.3 Å². The van der Waals surface area contributed by atoms with Crippen molar-refractivity contribution in [1.29, 1.82) is 0 Å². The second kappa shape index (κ2) is 8.85. The van der Waals surface area contributed by atoms with Crippen LogP contribution in [0.15, 0.2) is 29.6 Å². The monoisotopic (exact) mass is 362 g/mol. The number of carbonyl (C=O) groups excluding carboxylic acids is 2. The first kappa shape index (κ1) is 19.2. The van der Waals surface area contributed by atoms with Gasteiger partial charge in [0.25, 0.3) is 0 Å². The highest BCUT2D eigenvalue weighted by atomic mass is 32.1. The summed E-state index contributed by atoms with van der Waals surface area (Å²) >= 11 is 1.54. The van der Waals surface area contributed by atoms with E-state index in [0.717, 1.165) is 17.1 Å². The highest BCUT2D eigenvalue weighted by molar-refractivity contribution is 7.09. The highest BCUT2D eigenvalue weighted by Gasteiger charge is 2.19. The third kappa shape index (κ3) is 6.05. The lowest BCUT2D eigenvalue weighted by atomic mass is 10.0. The molecule has 25 heavy (non-hydrogen) atoms. The summed E-state index contributed by atoms with van der Waals surface area (Å²) in [6.45, 7) is 6.12. The van der Waals surface area contributed by atoms with Crippen LogP contribution in [0.5, 0.6) is 0 Å². The summed E-state index contributed by atoms with van der Waals surface area (Å²) in [5, 5.41) is 5.85. The Labute approximate surface area is 151 Å². The van der Waals surface area contributed by atoms with E-state index >= 15 is 0 Å². The van der Waals surface area contributed by atoms with Crippen molar-refractivity contribution in [1.82, 2.24) is 10.3 Å². The smallest absolute Gasteiger partial charge is 0.221 e. The van der Waals surface area contributed by atoms with E-state index in [1.165, 1.54) is 35.6 Å². The predicted octanol–water partition coefficient (Wildman–Crippen LogP) is 4.46. The van der Waals surface area contributed by atoms with Crippen LogP contribution in [0.1, 0.15) is 60.2 Å². The standard InChI is InChI=1S/C19H23FN2O2S/c1-12(2)10-16(19-21-13(3)11-25-19)22-18(24)9-8-17(23)14-4-6-15(20)7-5-14/h4-7,11-12,16H,8-10H2,1-3H3,(H,22,24). The molecule has 1 atom stereocenters. The molecular weight excluding hydrogens is 339 g/mol. The SMILES string of the molecule is Cc1csc(C(CC(C)C)NC(=O)CCC(=O)c2ccc(F)cc2)n1. The number of amides is 1. The number of halogens is 1. The van der Waals surface area contributed by atoms with E-state index in [1.54, 1.807) is 0 Å². The number of hydrogen-bond acceptors (Lipinski definition) is 4. The van der Waals surface area contributed by atoms with E-state index in [-0.39, 0.29) is 36.4 Å². The minimum absolute atomic E-state index is 0.1000. The van der Waals surface area contributed by atoms with Crippen LogP contribution < -0.4 is 5.32 Å². The van der Waals surface area contributed by atoms with Crippen molar-refractivity contribution in [2.45, 2.75) is 46.1 Å². The second-order valence-corrected chi connectivity index (χ2v) is 7.40. The fourth-order valence-electron chi connectivity index (χ4n) is 2.50. The molecular formula is C19H23FN2O2S. The third-order valence-electron chi connectivity index (χ3n) is 3.72. The molecule has 0 aliphatic carbocycles. The summed E-state index contributed by atoms with van der Waals surface area (Å²) < 4.78 is 12.9. The average Bonchev–Trinajstić information content (AvgIpc) is 2.99. The van der Waals surface area contributed by atoms with Gasteiger partial charge in [-0.05, 0) is 43.5 Å². The van der Waals surface area contributed by atoms with Gasteiger partial charge in [0.05, 0.1) is 6.04 Å². The van der Waals surface area contributed by atoms with Crippen molar-refractivity contribution in [2.24, 2.45) is 5.92 Å². The zero-order chi connectivity index (χ0) is 18.4. The van der Waals surface area contributed by atoms with Crippen molar-refractivity contribution in [3.8, 4) is 0 Å². The number of aromatic nitrogens is 1. The zero-order valence-corrected chi connectivity index (χ0v) is 15.5. The molecule has 4 nitrogen and oxygen atoms in total. The molecule has 1 aromatic heterocycles. The molecule has 2 aromatic rings. The van der Waals surface area contributed by atoms with Gasteiger partial charge >= 0.3 is 0 Å². The molecule has 1 amide bonds. The fourth-order valence-corrected chi connectivity index (χ4v) is 3.36. The summed E-state index contributed by atoms with van der Waals surface area (Å²) in [7, 11) is 0. The molecule has 6 heteroatoms. The number of aryl methyl sites for hydroxylation is 1. The maximum Gasteiger partial charge on any atom is 0.221 e. The van der Waals surface area contributed by atoms with Gasteiger partial charge < -0.3 is 5.32 Å². The average molecular weight is 362 g/mol. The van der Waals surface area contributed by atoms with Crippen LogP contribution in [0.3, 0.4) is 0 Å². The number of nitrogens with zero attached hydrogens (tertiary/aromatic N) is 1. The van der Waals surface area contributed by atoms with E-state index in [1.807, 2.05) is 12.3 Å². The Morgan fingerprint density at radius 3 is 2.44 bits per heavy atom. The Bertz CT molecular complexity index is 725. The molecule has 1 unspecified atom stereocenters. The Morgan fingerprint density at radius 2 is 1.88 bits per heavy atom. The molecule has 0 aliphatic heterocycles. The normalized spacial score (nSPS) is 12.2. The molecule has 0 saturated heterocycles. The molecule has 0 bridgehead atoms. The molecule has 0 radical (unpaired) electrons. The van der Waals surface area contributed by atoms with Gasteiger partial charge in [-0.1, -0.05) is 13.8 Å². The number of Topliss-reactive ketones (excluding diaryl/α,β-unsaturated/α-hetero) is 1. The van der Waals surface area contributed by atoms with Gasteiger partial charge in [0.1, 0.15) is 10.8 Å². The van der Waals surface area contributed by atoms with Crippen LogP contribution >= 0.6 is 11.3 Å². The largest absolute Gasteiger partial charge is 0.347 e. The van der Waals surface area contributed by atoms with Gasteiger partial charge in [0.15, 0.2) is 5.78 Å². The van der Waals surface area contributed by atoms with Crippen molar-refractivity contribution in [2.75, 3.05) is 0 Å². The van der Waals surface area contributed by atoms with Crippen molar-refractivity contribution in [3.63, 3.8) is 0 Å². The first-order valence-corrected chi connectivity index (χ1v) is 9.23. The van der Waals surface area contributed by atoms with E-state index in [4.69, 9.17) is 0 Å². The summed E-state index contributed by atoms with van der Waals surface area (Å²) in [6, 6.07) is 5.24. The number of hydrogen-bond donors (Lipinski definition) is 1. The second-order valence-electron chi connectivity index (χ2n) is 6.51. The van der Waals surface area contributed by atoms with Crippen molar-refractivity contribution < 1.29 is 14.0 Å². The van der Waals surface area contributed by atoms with Crippen LogP contribution in [-0.2, 0) is 4.79 Å². The molecule has 0 saturated carbocycles. The van der Waals surface area contributed by atoms with Crippen LogP contribution in [0.2, 0.25) is 0 Å². The van der Waals surface area contributed by atoms with Crippen LogP contribution in [0.4, 0.5) is 4.39 Å². The highest BCUT2D eigenvalue weighted by Crippen LogP contribution is 2.24. The number of rotatable bonds is 8. The number of nitrogens with one attached hydrogen (secondary N) is 1. The molecule has 0 spiro atoms. The van der Waals surface area contributed by atoms with Gasteiger partial charge in [-0.3, -0.25) is 9.59 Å². The minimum atomic E-state index is -0.385. The maximum absolute atomic E-state index is 12.9. The predicted molar refractivity (Wildman–Crippen MR) is 97.2 cm³/mol. The lowest BCUT2D eigenvalue weighted by molar-refractivity contribution is -0.121. The van der Waals surface area contributed by atoms with E-state index < -0.39 is 0 Å². The van der Waals surface area contributed by atoms with Crippen molar-refractivity contribution >= 4 is 23.0 Å².